The van der Waals surface area contributed by atoms with Crippen molar-refractivity contribution in [3.8, 4) is 0 Å². The fourth-order valence-electron chi connectivity index (χ4n) is 11.5. The van der Waals surface area contributed by atoms with Gasteiger partial charge < -0.3 is 14.2 Å². The molecule has 0 radical (unpaired) electrons. The zero-order chi connectivity index (χ0) is 59.9. The minimum Gasteiger partial charge on any atom is -0.462 e. The van der Waals surface area contributed by atoms with Gasteiger partial charge in [0.05, 0.1) is 0 Å². The first-order valence-electron chi connectivity index (χ1n) is 37.5. The largest absolute Gasteiger partial charge is 0.462 e. The van der Waals surface area contributed by atoms with Crippen molar-refractivity contribution in [2.75, 3.05) is 13.2 Å². The first-order chi connectivity index (χ1) is 41.0. The molecule has 488 valence electrons. The van der Waals surface area contributed by atoms with E-state index in [1.165, 1.54) is 308 Å². The molecule has 0 aromatic carbocycles. The fraction of sp³-hybridized carbons (Fsp3) is 0.883. The van der Waals surface area contributed by atoms with E-state index < -0.39 is 6.10 Å². The van der Waals surface area contributed by atoms with E-state index >= 15 is 0 Å². The third-order valence-corrected chi connectivity index (χ3v) is 17.1. The summed E-state index contributed by atoms with van der Waals surface area (Å²) in [6.07, 6.45) is 90.4. The van der Waals surface area contributed by atoms with Gasteiger partial charge in [-0.15, -0.1) is 0 Å². The van der Waals surface area contributed by atoms with Crippen LogP contribution in [0.1, 0.15) is 419 Å². The van der Waals surface area contributed by atoms with Crippen molar-refractivity contribution in [2.45, 2.75) is 425 Å². The second-order valence-corrected chi connectivity index (χ2v) is 25.6. The van der Waals surface area contributed by atoms with Crippen LogP contribution in [0, 0.1) is 0 Å². The normalized spacial score (nSPS) is 12.2. The highest BCUT2D eigenvalue weighted by Crippen LogP contribution is 2.19. The predicted molar refractivity (Wildman–Crippen MR) is 362 cm³/mol. The molecule has 6 heteroatoms. The summed E-state index contributed by atoms with van der Waals surface area (Å²) >= 11 is 0. The average molecular weight is 1170 g/mol. The molecule has 1 unspecified atom stereocenters. The number of carbonyl (C=O) groups excluding carboxylic acids is 3. The molecule has 83 heavy (non-hydrogen) atoms. The Morgan fingerprint density at radius 3 is 0.675 bits per heavy atom. The molecule has 0 aromatic rings. The summed E-state index contributed by atoms with van der Waals surface area (Å²) in [6.45, 7) is 6.70. The Bertz CT molecular complexity index is 1380. The predicted octanol–water partition coefficient (Wildman–Crippen LogP) is 25.9. The van der Waals surface area contributed by atoms with E-state index in [1.807, 2.05) is 0 Å². The highest BCUT2D eigenvalue weighted by atomic mass is 16.6. The zero-order valence-corrected chi connectivity index (χ0v) is 56.2. The topological polar surface area (TPSA) is 78.9 Å². The molecule has 0 aliphatic heterocycles. The van der Waals surface area contributed by atoms with Crippen LogP contribution in [0.5, 0.6) is 0 Å². The summed E-state index contributed by atoms with van der Waals surface area (Å²) < 4.78 is 17.0. The lowest BCUT2D eigenvalue weighted by molar-refractivity contribution is -0.167. The molecule has 0 aliphatic carbocycles. The lowest BCUT2D eigenvalue weighted by Gasteiger charge is -2.18. The molecule has 0 heterocycles. The van der Waals surface area contributed by atoms with Crippen molar-refractivity contribution in [2.24, 2.45) is 0 Å². The van der Waals surface area contributed by atoms with E-state index in [2.05, 4.69) is 57.2 Å². The maximum Gasteiger partial charge on any atom is 0.306 e. The van der Waals surface area contributed by atoms with Crippen molar-refractivity contribution in [3.05, 3.63) is 36.5 Å². The van der Waals surface area contributed by atoms with E-state index in [0.717, 1.165) is 70.6 Å². The van der Waals surface area contributed by atoms with Crippen molar-refractivity contribution in [1.82, 2.24) is 0 Å². The van der Waals surface area contributed by atoms with Crippen LogP contribution >= 0.6 is 0 Å². The number of carbonyl (C=O) groups is 3. The second-order valence-electron chi connectivity index (χ2n) is 25.6. The van der Waals surface area contributed by atoms with Gasteiger partial charge in [-0.05, 0) is 77.0 Å². The molecule has 0 amide bonds. The quantitative estimate of drug-likeness (QED) is 0.0261. The molecule has 0 saturated carbocycles. The van der Waals surface area contributed by atoms with Gasteiger partial charge in [0.15, 0.2) is 6.10 Å². The van der Waals surface area contributed by atoms with Crippen molar-refractivity contribution < 1.29 is 28.6 Å². The van der Waals surface area contributed by atoms with E-state index in [0.29, 0.717) is 19.3 Å². The monoisotopic (exact) mass is 1170 g/mol. The summed E-state index contributed by atoms with van der Waals surface area (Å²) in [4.78, 5) is 38.5. The number of rotatable bonds is 70. The Morgan fingerprint density at radius 2 is 0.434 bits per heavy atom. The Balaban J connectivity index is 4.25. The van der Waals surface area contributed by atoms with Crippen LogP contribution in [0.25, 0.3) is 0 Å². The molecule has 0 bridgehead atoms. The summed E-state index contributed by atoms with van der Waals surface area (Å²) in [7, 11) is 0. The van der Waals surface area contributed by atoms with Crippen LogP contribution in [-0.4, -0.2) is 37.2 Å². The summed E-state index contributed by atoms with van der Waals surface area (Å²) in [6, 6.07) is 0. The summed E-state index contributed by atoms with van der Waals surface area (Å²) in [5.74, 6) is -0.846. The van der Waals surface area contributed by atoms with Gasteiger partial charge in [0.2, 0.25) is 0 Å². The lowest BCUT2D eigenvalue weighted by Crippen LogP contribution is -2.30. The van der Waals surface area contributed by atoms with E-state index in [-0.39, 0.29) is 31.1 Å². The molecule has 1 atom stereocenters. The van der Waals surface area contributed by atoms with Crippen LogP contribution < -0.4 is 0 Å². The van der Waals surface area contributed by atoms with Gasteiger partial charge >= 0.3 is 17.9 Å². The van der Waals surface area contributed by atoms with Crippen molar-refractivity contribution >= 4 is 17.9 Å². The molecular formula is C77H144O6. The van der Waals surface area contributed by atoms with Crippen molar-refractivity contribution in [3.63, 3.8) is 0 Å². The summed E-state index contributed by atoms with van der Waals surface area (Å²) in [5.41, 5.74) is 0. The van der Waals surface area contributed by atoms with Crippen LogP contribution in [-0.2, 0) is 28.6 Å². The Hall–Kier alpha value is -2.37. The maximum absolute atomic E-state index is 13.0. The van der Waals surface area contributed by atoms with Crippen LogP contribution in [0.2, 0.25) is 0 Å². The Kier molecular flexibility index (Phi) is 70.0. The van der Waals surface area contributed by atoms with E-state index in [4.69, 9.17) is 14.2 Å². The van der Waals surface area contributed by atoms with E-state index in [9.17, 15) is 14.4 Å². The molecule has 0 N–H and O–H groups in total. The third kappa shape index (κ3) is 70.3. The number of ether oxygens (including phenoxy) is 3. The minimum atomic E-state index is -0.775. The van der Waals surface area contributed by atoms with Gasteiger partial charge in [-0.1, -0.05) is 359 Å². The van der Waals surface area contributed by atoms with Gasteiger partial charge in [-0.3, -0.25) is 14.4 Å². The minimum absolute atomic E-state index is 0.0699. The Labute approximate surface area is 518 Å². The number of allylic oxidation sites excluding steroid dienone is 6. The molecule has 0 aromatic heterocycles. The fourth-order valence-corrected chi connectivity index (χ4v) is 11.5. The van der Waals surface area contributed by atoms with Gasteiger partial charge in [0.25, 0.3) is 0 Å². The van der Waals surface area contributed by atoms with Crippen LogP contribution in [0.4, 0.5) is 0 Å². The highest BCUT2D eigenvalue weighted by molar-refractivity contribution is 5.71. The zero-order valence-electron chi connectivity index (χ0n) is 56.2. The number of esters is 3. The highest BCUT2D eigenvalue weighted by Gasteiger charge is 2.20. The molecule has 0 saturated heterocycles. The van der Waals surface area contributed by atoms with Crippen LogP contribution in [0.3, 0.4) is 0 Å². The Morgan fingerprint density at radius 1 is 0.241 bits per heavy atom. The number of hydrogen-bond donors (Lipinski definition) is 0. The second kappa shape index (κ2) is 72.1. The molecule has 0 rings (SSSR count). The third-order valence-electron chi connectivity index (χ3n) is 17.1. The maximum atomic E-state index is 13.0. The van der Waals surface area contributed by atoms with E-state index in [1.54, 1.807) is 0 Å². The number of unbranched alkanes of at least 4 members (excludes halogenated alkanes) is 53. The van der Waals surface area contributed by atoms with Crippen molar-refractivity contribution in [1.29, 1.82) is 0 Å². The molecule has 0 fully saturated rings. The summed E-state index contributed by atoms with van der Waals surface area (Å²) in [5, 5.41) is 0. The SMILES string of the molecule is CCCCCCC/C=C\C/C=C\CCCCCCCCCCCCCCCC(=O)OCC(COC(=O)CCCCCCC/C=C\CCCCCCCC)OC(=O)CCCCCCCCCCCCCCCCCCCCCCCCCCC. The van der Waals surface area contributed by atoms with Gasteiger partial charge in [0.1, 0.15) is 13.2 Å². The van der Waals surface area contributed by atoms with Crippen LogP contribution in [0.15, 0.2) is 36.5 Å². The smallest absolute Gasteiger partial charge is 0.306 e. The molecule has 6 nitrogen and oxygen atoms in total. The lowest BCUT2D eigenvalue weighted by atomic mass is 10.0. The van der Waals surface area contributed by atoms with Gasteiger partial charge in [-0.25, -0.2) is 0 Å². The first-order valence-corrected chi connectivity index (χ1v) is 37.5. The van der Waals surface area contributed by atoms with Gasteiger partial charge in [0, 0.05) is 19.3 Å². The average Bonchev–Trinajstić information content (AvgIpc) is 3.49. The number of hydrogen-bond acceptors (Lipinski definition) is 6. The van der Waals surface area contributed by atoms with Gasteiger partial charge in [-0.2, -0.15) is 0 Å². The molecule has 0 spiro atoms. The molecule has 0 aliphatic rings. The molecular weight excluding hydrogens is 1020 g/mol. The first kappa shape index (κ1) is 80.6. The standard InChI is InChI=1S/C77H144O6/c1-4-7-10-13-16-19-22-25-28-30-32-34-36-38-40-42-44-46-49-52-55-58-61-64-67-70-76(79)82-73-74(72-81-75(78)69-66-63-60-57-54-51-48-27-24-21-18-15-12-9-6-3)83-77(80)71-68-65-62-59-56-53-50-47-45-43-41-39-37-35-33-31-29-26-23-20-17-14-11-8-5-2/h22,25,27,30,32,48,74H,4-21,23-24,26,28-29,31,33-47,49-73H2,1-3H3/b25-22-,32-30-,48-27-.